The zero-order valence-electron chi connectivity index (χ0n) is 9.00. The van der Waals surface area contributed by atoms with Crippen LogP contribution in [0, 0.1) is 0 Å². The molecular weight excluding hydrogens is 302 g/mol. The van der Waals surface area contributed by atoms with Gasteiger partial charge in [0, 0.05) is 45.3 Å². The van der Waals surface area contributed by atoms with Crippen molar-refractivity contribution in [3.63, 3.8) is 0 Å². The van der Waals surface area contributed by atoms with Crippen LogP contribution in [0.5, 0.6) is 5.75 Å². The molecule has 2 aromatic carbocycles. The molecule has 0 radical (unpaired) electrons. The van der Waals surface area contributed by atoms with Gasteiger partial charge in [-0.25, -0.2) is 0 Å². The SMILES string of the molecule is Oc1cc2c(c3c(Br)cccc13)[C@H](CCl)CN2. The number of anilines is 1. The van der Waals surface area contributed by atoms with Crippen LogP contribution in [0.25, 0.3) is 10.8 Å². The van der Waals surface area contributed by atoms with E-state index in [1.54, 1.807) is 6.07 Å². The average Bonchev–Trinajstić information content (AvgIpc) is 2.72. The van der Waals surface area contributed by atoms with Crippen LogP contribution in [0.1, 0.15) is 11.5 Å². The summed E-state index contributed by atoms with van der Waals surface area (Å²) in [5.41, 5.74) is 2.20. The predicted molar refractivity (Wildman–Crippen MR) is 75.3 cm³/mol. The number of hydrogen-bond acceptors (Lipinski definition) is 2. The minimum Gasteiger partial charge on any atom is -0.507 e. The number of rotatable bonds is 1. The van der Waals surface area contributed by atoms with Crippen LogP contribution in [0.3, 0.4) is 0 Å². The van der Waals surface area contributed by atoms with Crippen LogP contribution >= 0.6 is 27.5 Å². The van der Waals surface area contributed by atoms with E-state index in [-0.39, 0.29) is 0 Å². The van der Waals surface area contributed by atoms with Crippen molar-refractivity contribution in [3.05, 3.63) is 34.3 Å². The summed E-state index contributed by atoms with van der Waals surface area (Å²) < 4.78 is 1.00. The van der Waals surface area contributed by atoms with E-state index in [0.717, 1.165) is 27.5 Å². The standard InChI is InChI=1S/C13H11BrClNO/c14-9-3-1-2-8-11(17)4-10-12(13(8)9)7(5-15)6-16-10/h1-4,7,16-17H,5-6H2/t7-/m1/s1. The fourth-order valence-electron chi connectivity index (χ4n) is 2.48. The van der Waals surface area contributed by atoms with Gasteiger partial charge in [0.05, 0.1) is 0 Å². The summed E-state index contributed by atoms with van der Waals surface area (Å²) in [5.74, 6) is 1.19. The number of hydrogen-bond donors (Lipinski definition) is 2. The highest BCUT2D eigenvalue weighted by molar-refractivity contribution is 9.10. The molecule has 2 nitrogen and oxygen atoms in total. The normalized spacial score (nSPS) is 18.1. The Bertz CT molecular complexity index is 599. The van der Waals surface area contributed by atoms with Crippen LogP contribution in [0.4, 0.5) is 5.69 Å². The number of nitrogens with one attached hydrogen (secondary N) is 1. The van der Waals surface area contributed by atoms with Crippen LogP contribution in [-0.2, 0) is 0 Å². The van der Waals surface area contributed by atoms with E-state index < -0.39 is 0 Å². The van der Waals surface area contributed by atoms with E-state index in [1.807, 2.05) is 18.2 Å². The number of halogens is 2. The molecule has 0 bridgehead atoms. The lowest BCUT2D eigenvalue weighted by Crippen LogP contribution is -2.03. The molecule has 0 unspecified atom stereocenters. The second-order valence-electron chi connectivity index (χ2n) is 4.25. The molecule has 0 spiro atoms. The summed E-state index contributed by atoms with van der Waals surface area (Å²) >= 11 is 9.57. The van der Waals surface area contributed by atoms with Crippen molar-refractivity contribution in [1.82, 2.24) is 0 Å². The molecule has 88 valence electrons. The number of phenolic OH excluding ortho intramolecular Hbond substituents is 1. The minimum absolute atomic E-state index is 0.300. The molecule has 2 aromatic rings. The zero-order valence-corrected chi connectivity index (χ0v) is 11.3. The molecule has 0 aliphatic carbocycles. The van der Waals surface area contributed by atoms with E-state index in [9.17, 15) is 5.11 Å². The van der Waals surface area contributed by atoms with E-state index in [0.29, 0.717) is 17.5 Å². The summed E-state index contributed by atoms with van der Waals surface area (Å²) in [6, 6.07) is 7.64. The summed E-state index contributed by atoms with van der Waals surface area (Å²) in [6.45, 7) is 0.832. The third-order valence-corrected chi connectivity index (χ3v) is 4.30. The number of phenols is 1. The topological polar surface area (TPSA) is 32.3 Å². The highest BCUT2D eigenvalue weighted by Crippen LogP contribution is 2.44. The molecule has 17 heavy (non-hydrogen) atoms. The van der Waals surface area contributed by atoms with Gasteiger partial charge < -0.3 is 10.4 Å². The molecule has 1 aliphatic rings. The Morgan fingerprint density at radius 3 is 3.06 bits per heavy atom. The van der Waals surface area contributed by atoms with Gasteiger partial charge in [0.1, 0.15) is 5.75 Å². The third kappa shape index (κ3) is 1.60. The number of benzene rings is 2. The highest BCUT2D eigenvalue weighted by atomic mass is 79.9. The molecule has 0 saturated heterocycles. The van der Waals surface area contributed by atoms with Crippen molar-refractivity contribution >= 4 is 44.0 Å². The monoisotopic (exact) mass is 311 g/mol. The van der Waals surface area contributed by atoms with Crippen molar-refractivity contribution < 1.29 is 5.11 Å². The Hall–Kier alpha value is -0.930. The number of aromatic hydroxyl groups is 1. The lowest BCUT2D eigenvalue weighted by atomic mass is 9.95. The van der Waals surface area contributed by atoms with E-state index in [2.05, 4.69) is 21.2 Å². The van der Waals surface area contributed by atoms with Crippen LogP contribution in [0.15, 0.2) is 28.7 Å². The highest BCUT2D eigenvalue weighted by Gasteiger charge is 2.26. The quantitative estimate of drug-likeness (QED) is 0.778. The number of fused-ring (bicyclic) bond motifs is 3. The van der Waals surface area contributed by atoms with Gasteiger partial charge in [-0.3, -0.25) is 0 Å². The third-order valence-electron chi connectivity index (χ3n) is 3.26. The molecule has 4 heteroatoms. The molecule has 1 heterocycles. The zero-order chi connectivity index (χ0) is 12.0. The van der Waals surface area contributed by atoms with Crippen molar-refractivity contribution in [3.8, 4) is 5.75 Å². The van der Waals surface area contributed by atoms with Crippen LogP contribution < -0.4 is 5.32 Å². The Morgan fingerprint density at radius 1 is 1.47 bits per heavy atom. The lowest BCUT2D eigenvalue weighted by Gasteiger charge is -2.12. The van der Waals surface area contributed by atoms with Crippen LogP contribution in [0.2, 0.25) is 0 Å². The largest absolute Gasteiger partial charge is 0.507 e. The summed E-state index contributed by atoms with van der Waals surface area (Å²) in [5, 5.41) is 15.3. The molecule has 0 aromatic heterocycles. The first kappa shape index (κ1) is 11.2. The van der Waals surface area contributed by atoms with Gasteiger partial charge in [-0.15, -0.1) is 11.6 Å². The van der Waals surface area contributed by atoms with Crippen molar-refractivity contribution in [2.75, 3.05) is 17.7 Å². The first-order chi connectivity index (χ1) is 8.22. The summed E-state index contributed by atoms with van der Waals surface area (Å²) in [4.78, 5) is 0. The molecule has 2 N–H and O–H groups in total. The molecule has 1 aliphatic heterocycles. The Balaban J connectivity index is 2.43. The maximum atomic E-state index is 10.0. The van der Waals surface area contributed by atoms with E-state index in [4.69, 9.17) is 11.6 Å². The van der Waals surface area contributed by atoms with Gasteiger partial charge in [-0.2, -0.15) is 0 Å². The summed E-state index contributed by atoms with van der Waals surface area (Å²) in [7, 11) is 0. The fourth-order valence-corrected chi connectivity index (χ4v) is 3.32. The summed E-state index contributed by atoms with van der Waals surface area (Å²) in [6.07, 6.45) is 0. The smallest absolute Gasteiger partial charge is 0.125 e. The Labute approximate surface area is 113 Å². The molecule has 0 amide bonds. The van der Waals surface area contributed by atoms with Crippen molar-refractivity contribution in [2.24, 2.45) is 0 Å². The van der Waals surface area contributed by atoms with E-state index >= 15 is 0 Å². The molecule has 0 saturated carbocycles. The van der Waals surface area contributed by atoms with Gasteiger partial charge in [0.15, 0.2) is 0 Å². The van der Waals surface area contributed by atoms with Crippen molar-refractivity contribution in [1.29, 1.82) is 0 Å². The molecule has 0 fully saturated rings. The van der Waals surface area contributed by atoms with Gasteiger partial charge in [0.25, 0.3) is 0 Å². The molecular formula is C13H11BrClNO. The van der Waals surface area contributed by atoms with Gasteiger partial charge >= 0.3 is 0 Å². The maximum Gasteiger partial charge on any atom is 0.125 e. The predicted octanol–water partition coefficient (Wildman–Crippen LogP) is 4.06. The van der Waals surface area contributed by atoms with Crippen molar-refractivity contribution in [2.45, 2.75) is 5.92 Å². The first-order valence-corrected chi connectivity index (χ1v) is 6.79. The van der Waals surface area contributed by atoms with Crippen LogP contribution in [-0.4, -0.2) is 17.5 Å². The molecule has 3 rings (SSSR count). The number of alkyl halides is 1. The Kier molecular flexibility index (Phi) is 2.68. The van der Waals surface area contributed by atoms with E-state index in [1.165, 1.54) is 5.56 Å². The maximum absolute atomic E-state index is 10.0. The van der Waals surface area contributed by atoms with Gasteiger partial charge in [-0.05, 0) is 11.6 Å². The van der Waals surface area contributed by atoms with Gasteiger partial charge in [-0.1, -0.05) is 28.1 Å². The first-order valence-electron chi connectivity index (χ1n) is 5.46. The molecule has 1 atom stereocenters. The second kappa shape index (κ2) is 4.07. The minimum atomic E-state index is 0.300. The Morgan fingerprint density at radius 2 is 2.29 bits per heavy atom. The van der Waals surface area contributed by atoms with Gasteiger partial charge in [0.2, 0.25) is 0 Å². The average molecular weight is 313 g/mol. The lowest BCUT2D eigenvalue weighted by molar-refractivity contribution is 0.482. The second-order valence-corrected chi connectivity index (χ2v) is 5.41. The fraction of sp³-hybridized carbons (Fsp3) is 0.231.